The average molecular weight is 171 g/mol. The smallest absolute Gasteiger partial charge is 0.0994 e. The molecule has 0 aliphatic heterocycles. The van der Waals surface area contributed by atoms with Crippen molar-refractivity contribution >= 4 is 0 Å². The van der Waals surface area contributed by atoms with Crippen LogP contribution in [0.5, 0.6) is 0 Å². The normalized spacial score (nSPS) is 17.9. The van der Waals surface area contributed by atoms with E-state index in [1.165, 1.54) is 17.5 Å². The molecule has 0 radical (unpaired) electrons. The minimum Gasteiger partial charge on any atom is -0.192 e. The number of benzene rings is 1. The first-order chi connectivity index (χ1) is 6.15. The van der Waals surface area contributed by atoms with Crippen LogP contribution in [0.1, 0.15) is 37.0 Å². The Morgan fingerprint density at radius 3 is 2.85 bits per heavy atom. The highest BCUT2D eigenvalue weighted by atomic mass is 14.4. The van der Waals surface area contributed by atoms with Crippen LogP contribution >= 0.6 is 0 Å². The molecule has 2 rings (SSSR count). The molecule has 0 N–H and O–H groups in total. The molecule has 0 bridgehead atoms. The van der Waals surface area contributed by atoms with Crippen LogP contribution in [0.4, 0.5) is 0 Å². The Labute approximate surface area is 79.0 Å². The maximum atomic E-state index is 8.92. The molecule has 0 fully saturated rings. The second-order valence-corrected chi connectivity index (χ2v) is 4.33. The molecule has 0 amide bonds. The second-order valence-electron chi connectivity index (χ2n) is 4.33. The molecule has 66 valence electrons. The molecule has 0 atom stereocenters. The maximum Gasteiger partial charge on any atom is 0.0994 e. The van der Waals surface area contributed by atoms with Gasteiger partial charge in [0.2, 0.25) is 0 Å². The lowest BCUT2D eigenvalue weighted by atomic mass is 9.86. The molecule has 0 unspecified atom stereocenters. The van der Waals surface area contributed by atoms with Crippen molar-refractivity contribution in [1.82, 2.24) is 0 Å². The van der Waals surface area contributed by atoms with E-state index in [0.29, 0.717) is 0 Å². The molecule has 0 spiro atoms. The van der Waals surface area contributed by atoms with Crippen molar-refractivity contribution in [2.45, 2.75) is 32.1 Å². The lowest BCUT2D eigenvalue weighted by Crippen LogP contribution is -2.11. The standard InChI is InChI=1S/C12H13N/c1-12(2)7-6-10-9(8-13)4-3-5-11(10)12/h3-5H,6-7H2,1-2H3. The van der Waals surface area contributed by atoms with Crippen molar-refractivity contribution in [3.8, 4) is 6.07 Å². The quantitative estimate of drug-likeness (QED) is 0.588. The molecular weight excluding hydrogens is 158 g/mol. The Morgan fingerprint density at radius 1 is 1.38 bits per heavy atom. The number of nitriles is 1. The molecule has 0 saturated carbocycles. The SMILES string of the molecule is CC1(C)CCc2c(C#N)cccc21. The van der Waals surface area contributed by atoms with Crippen molar-refractivity contribution in [2.75, 3.05) is 0 Å². The molecule has 1 aromatic rings. The molecule has 1 aliphatic carbocycles. The van der Waals surface area contributed by atoms with Gasteiger partial charge in [0, 0.05) is 0 Å². The molecule has 0 saturated heterocycles. The summed E-state index contributed by atoms with van der Waals surface area (Å²) in [6.45, 7) is 4.50. The van der Waals surface area contributed by atoms with Crippen LogP contribution in [-0.4, -0.2) is 0 Å². The van der Waals surface area contributed by atoms with Crippen LogP contribution in [-0.2, 0) is 11.8 Å². The Balaban J connectivity index is 2.64. The number of rotatable bonds is 0. The highest BCUT2D eigenvalue weighted by Crippen LogP contribution is 2.39. The lowest BCUT2D eigenvalue weighted by molar-refractivity contribution is 0.522. The number of nitrogens with zero attached hydrogens (tertiary/aromatic N) is 1. The van der Waals surface area contributed by atoms with Gasteiger partial charge in [-0.2, -0.15) is 5.26 Å². The van der Waals surface area contributed by atoms with Gasteiger partial charge in [0.1, 0.15) is 0 Å². The first-order valence-electron chi connectivity index (χ1n) is 4.67. The first kappa shape index (κ1) is 8.31. The second kappa shape index (κ2) is 2.60. The van der Waals surface area contributed by atoms with Gasteiger partial charge in [-0.15, -0.1) is 0 Å². The fraction of sp³-hybridized carbons (Fsp3) is 0.417. The van der Waals surface area contributed by atoms with Crippen LogP contribution in [0, 0.1) is 11.3 Å². The van der Waals surface area contributed by atoms with Crippen LogP contribution in [0.25, 0.3) is 0 Å². The van der Waals surface area contributed by atoms with Gasteiger partial charge in [0.25, 0.3) is 0 Å². The van der Waals surface area contributed by atoms with Gasteiger partial charge in [0.15, 0.2) is 0 Å². The van der Waals surface area contributed by atoms with Crippen molar-refractivity contribution in [2.24, 2.45) is 0 Å². The van der Waals surface area contributed by atoms with Crippen molar-refractivity contribution in [1.29, 1.82) is 5.26 Å². The third-order valence-corrected chi connectivity index (χ3v) is 3.03. The zero-order valence-electron chi connectivity index (χ0n) is 8.09. The number of fused-ring (bicyclic) bond motifs is 1. The van der Waals surface area contributed by atoms with Crippen LogP contribution < -0.4 is 0 Å². The molecule has 13 heavy (non-hydrogen) atoms. The topological polar surface area (TPSA) is 23.8 Å². The summed E-state index contributed by atoms with van der Waals surface area (Å²) in [6, 6.07) is 8.33. The van der Waals surface area contributed by atoms with E-state index in [-0.39, 0.29) is 5.41 Å². The van der Waals surface area contributed by atoms with Crippen LogP contribution in [0.3, 0.4) is 0 Å². The van der Waals surface area contributed by atoms with E-state index >= 15 is 0 Å². The van der Waals surface area contributed by atoms with Gasteiger partial charge in [-0.3, -0.25) is 0 Å². The van der Waals surface area contributed by atoms with Gasteiger partial charge in [-0.1, -0.05) is 26.0 Å². The maximum absolute atomic E-state index is 8.92. The van der Waals surface area contributed by atoms with E-state index in [4.69, 9.17) is 5.26 Å². The summed E-state index contributed by atoms with van der Waals surface area (Å²) in [5.41, 5.74) is 3.77. The summed E-state index contributed by atoms with van der Waals surface area (Å²) >= 11 is 0. The van der Waals surface area contributed by atoms with E-state index in [1.54, 1.807) is 0 Å². The summed E-state index contributed by atoms with van der Waals surface area (Å²) in [6.07, 6.45) is 2.23. The predicted molar refractivity (Wildman–Crippen MR) is 52.5 cm³/mol. The van der Waals surface area contributed by atoms with E-state index in [0.717, 1.165) is 12.0 Å². The third kappa shape index (κ3) is 1.14. The summed E-state index contributed by atoms with van der Waals surface area (Å²) < 4.78 is 0. The monoisotopic (exact) mass is 171 g/mol. The summed E-state index contributed by atoms with van der Waals surface area (Å²) in [7, 11) is 0. The molecule has 1 aliphatic rings. The van der Waals surface area contributed by atoms with E-state index in [1.807, 2.05) is 12.1 Å². The van der Waals surface area contributed by atoms with Crippen molar-refractivity contribution in [3.63, 3.8) is 0 Å². The Morgan fingerprint density at radius 2 is 2.15 bits per heavy atom. The Hall–Kier alpha value is -1.29. The molecule has 0 heterocycles. The zero-order valence-corrected chi connectivity index (χ0v) is 8.09. The van der Waals surface area contributed by atoms with Gasteiger partial charge in [-0.25, -0.2) is 0 Å². The highest BCUT2D eigenvalue weighted by molar-refractivity contribution is 5.48. The fourth-order valence-corrected chi connectivity index (χ4v) is 2.17. The largest absolute Gasteiger partial charge is 0.192 e. The van der Waals surface area contributed by atoms with E-state index in [2.05, 4.69) is 26.0 Å². The van der Waals surface area contributed by atoms with Crippen LogP contribution in [0.2, 0.25) is 0 Å². The zero-order chi connectivity index (χ0) is 9.47. The third-order valence-electron chi connectivity index (χ3n) is 3.03. The number of hydrogen-bond donors (Lipinski definition) is 0. The first-order valence-corrected chi connectivity index (χ1v) is 4.67. The molecular formula is C12H13N. The predicted octanol–water partition coefficient (Wildman–Crippen LogP) is 2.78. The number of hydrogen-bond acceptors (Lipinski definition) is 1. The van der Waals surface area contributed by atoms with Crippen LogP contribution in [0.15, 0.2) is 18.2 Å². The Bertz CT molecular complexity index is 383. The fourth-order valence-electron chi connectivity index (χ4n) is 2.17. The van der Waals surface area contributed by atoms with Crippen molar-refractivity contribution in [3.05, 3.63) is 34.9 Å². The summed E-state index contributed by atoms with van der Waals surface area (Å²) in [5, 5.41) is 8.92. The van der Waals surface area contributed by atoms with Gasteiger partial charge in [0.05, 0.1) is 11.6 Å². The minimum absolute atomic E-state index is 0.266. The molecule has 1 nitrogen and oxygen atoms in total. The van der Waals surface area contributed by atoms with E-state index in [9.17, 15) is 0 Å². The summed E-state index contributed by atoms with van der Waals surface area (Å²) in [4.78, 5) is 0. The average Bonchev–Trinajstić information content (AvgIpc) is 2.43. The lowest BCUT2D eigenvalue weighted by Gasteiger charge is -2.18. The van der Waals surface area contributed by atoms with Gasteiger partial charge < -0.3 is 0 Å². The molecule has 1 aromatic carbocycles. The van der Waals surface area contributed by atoms with E-state index < -0.39 is 0 Å². The summed E-state index contributed by atoms with van der Waals surface area (Å²) in [5.74, 6) is 0. The van der Waals surface area contributed by atoms with Gasteiger partial charge >= 0.3 is 0 Å². The highest BCUT2D eigenvalue weighted by Gasteiger charge is 2.30. The van der Waals surface area contributed by atoms with Crippen molar-refractivity contribution < 1.29 is 0 Å². The molecule has 0 aromatic heterocycles. The minimum atomic E-state index is 0.266. The van der Waals surface area contributed by atoms with Gasteiger partial charge in [-0.05, 0) is 35.4 Å². The molecule has 1 heteroatoms. The Kier molecular flexibility index (Phi) is 1.66.